The van der Waals surface area contributed by atoms with Gasteiger partial charge >= 0.3 is 0 Å². The number of para-hydroxylation sites is 1. The van der Waals surface area contributed by atoms with E-state index in [1.54, 1.807) is 32.7 Å². The fraction of sp³-hybridized carbons (Fsp3) is 0.200. The van der Waals surface area contributed by atoms with E-state index in [2.05, 4.69) is 20.7 Å². The van der Waals surface area contributed by atoms with Crippen LogP contribution in [0.1, 0.15) is 11.8 Å². The van der Waals surface area contributed by atoms with Crippen LogP contribution >= 0.6 is 23.1 Å². The molecule has 4 rings (SSSR count). The molecule has 0 radical (unpaired) electrons. The van der Waals surface area contributed by atoms with Gasteiger partial charge in [-0.25, -0.2) is 5.43 Å². The molecule has 2 aromatic carbocycles. The Morgan fingerprint density at radius 2 is 1.75 bits per heavy atom. The molecular weight excluding hydrogens is 498 g/mol. The number of nitrogens with zero attached hydrogens (tertiary/aromatic N) is 4. The highest BCUT2D eigenvalue weighted by Crippen LogP contribution is 2.41. The van der Waals surface area contributed by atoms with Crippen LogP contribution < -0.4 is 19.6 Å². The zero-order valence-electron chi connectivity index (χ0n) is 20.2. The van der Waals surface area contributed by atoms with Gasteiger partial charge in [0.15, 0.2) is 22.5 Å². The van der Waals surface area contributed by atoms with E-state index in [0.29, 0.717) is 33.8 Å². The molecule has 0 fully saturated rings. The van der Waals surface area contributed by atoms with E-state index >= 15 is 0 Å². The highest BCUT2D eigenvalue weighted by molar-refractivity contribution is 7.99. The summed E-state index contributed by atoms with van der Waals surface area (Å²) in [5.41, 5.74) is 4.93. The maximum Gasteiger partial charge on any atom is 0.250 e. The summed E-state index contributed by atoms with van der Waals surface area (Å²) in [5, 5.41) is 15.5. The van der Waals surface area contributed by atoms with Crippen molar-refractivity contribution < 1.29 is 19.0 Å². The molecule has 2 heterocycles. The van der Waals surface area contributed by atoms with Crippen LogP contribution in [0.3, 0.4) is 0 Å². The quantitative estimate of drug-likeness (QED) is 0.183. The van der Waals surface area contributed by atoms with Gasteiger partial charge in [0.2, 0.25) is 5.75 Å². The molecule has 186 valence electrons. The molecule has 11 heteroatoms. The Balaban J connectivity index is 1.63. The zero-order chi connectivity index (χ0) is 25.5. The third kappa shape index (κ3) is 5.52. The number of ether oxygens (including phenoxy) is 3. The van der Waals surface area contributed by atoms with E-state index in [9.17, 15) is 4.79 Å². The van der Waals surface area contributed by atoms with Crippen LogP contribution in [0.15, 0.2) is 70.2 Å². The fourth-order valence-electron chi connectivity index (χ4n) is 3.42. The zero-order valence-corrected chi connectivity index (χ0v) is 21.9. The number of hydrogen-bond donors (Lipinski definition) is 1. The van der Waals surface area contributed by atoms with Crippen molar-refractivity contribution >= 4 is 34.7 Å². The number of thioether (sulfide) groups is 1. The van der Waals surface area contributed by atoms with Crippen LogP contribution in [0, 0.1) is 0 Å². The number of rotatable bonds is 10. The second kappa shape index (κ2) is 11.7. The van der Waals surface area contributed by atoms with E-state index in [1.807, 2.05) is 71.5 Å². The highest BCUT2D eigenvalue weighted by Gasteiger charge is 2.21. The molecule has 0 bridgehead atoms. The molecular formula is C25H25N5O4S2. The Labute approximate surface area is 217 Å². The third-order valence-electron chi connectivity index (χ3n) is 5.13. The molecule has 4 aromatic rings. The molecule has 0 aliphatic rings. The summed E-state index contributed by atoms with van der Waals surface area (Å²) >= 11 is 2.83. The van der Waals surface area contributed by atoms with Gasteiger partial charge in [-0.05, 0) is 42.6 Å². The molecule has 1 amide bonds. The Kier molecular flexibility index (Phi) is 8.24. The number of hydrazone groups is 1. The van der Waals surface area contributed by atoms with Gasteiger partial charge in [-0.2, -0.15) is 5.10 Å². The van der Waals surface area contributed by atoms with Crippen LogP contribution in [0.25, 0.3) is 17.1 Å². The van der Waals surface area contributed by atoms with E-state index < -0.39 is 0 Å². The van der Waals surface area contributed by atoms with Crippen LogP contribution in [-0.4, -0.2) is 53.5 Å². The predicted octanol–water partition coefficient (Wildman–Crippen LogP) is 4.65. The van der Waals surface area contributed by atoms with Gasteiger partial charge in [0.05, 0.1) is 32.8 Å². The maximum atomic E-state index is 12.5. The first-order valence-electron chi connectivity index (χ1n) is 10.9. The van der Waals surface area contributed by atoms with Gasteiger partial charge in [-0.3, -0.25) is 9.36 Å². The number of nitrogens with one attached hydrogen (secondary N) is 1. The summed E-state index contributed by atoms with van der Waals surface area (Å²) in [4.78, 5) is 13.5. The largest absolute Gasteiger partial charge is 0.493 e. The van der Waals surface area contributed by atoms with Crippen molar-refractivity contribution in [2.45, 2.75) is 12.1 Å². The maximum absolute atomic E-state index is 12.5. The van der Waals surface area contributed by atoms with Crippen molar-refractivity contribution in [2.75, 3.05) is 27.1 Å². The molecule has 1 N–H and O–H groups in total. The second-order valence-electron chi connectivity index (χ2n) is 7.39. The van der Waals surface area contributed by atoms with Crippen LogP contribution in [-0.2, 0) is 4.79 Å². The Bertz CT molecular complexity index is 1330. The molecule has 0 spiro atoms. The average Bonchev–Trinajstić information content (AvgIpc) is 3.61. The molecule has 0 unspecified atom stereocenters. The third-order valence-corrected chi connectivity index (χ3v) is 7.04. The van der Waals surface area contributed by atoms with Crippen LogP contribution in [0.5, 0.6) is 17.2 Å². The smallest absolute Gasteiger partial charge is 0.250 e. The normalized spacial score (nSPS) is 11.3. The first kappa shape index (κ1) is 25.3. The molecule has 0 saturated carbocycles. The lowest BCUT2D eigenvalue weighted by atomic mass is 10.1. The Hall–Kier alpha value is -3.83. The van der Waals surface area contributed by atoms with E-state index in [0.717, 1.165) is 16.3 Å². The summed E-state index contributed by atoms with van der Waals surface area (Å²) in [6.45, 7) is 1.86. The van der Waals surface area contributed by atoms with Crippen molar-refractivity contribution in [1.29, 1.82) is 0 Å². The number of carbonyl (C=O) groups is 1. The number of carbonyl (C=O) groups excluding carboxylic acids is 1. The van der Waals surface area contributed by atoms with E-state index in [4.69, 9.17) is 14.2 Å². The minimum atomic E-state index is -0.243. The van der Waals surface area contributed by atoms with Crippen molar-refractivity contribution in [2.24, 2.45) is 5.10 Å². The molecule has 0 atom stereocenters. The Morgan fingerprint density at radius 1 is 1.03 bits per heavy atom. The number of aromatic nitrogens is 3. The Morgan fingerprint density at radius 3 is 2.36 bits per heavy atom. The predicted molar refractivity (Wildman–Crippen MR) is 142 cm³/mol. The second-order valence-corrected chi connectivity index (χ2v) is 9.28. The summed E-state index contributed by atoms with van der Waals surface area (Å²) in [6.07, 6.45) is 0. The monoisotopic (exact) mass is 523 g/mol. The van der Waals surface area contributed by atoms with Gasteiger partial charge < -0.3 is 14.2 Å². The average molecular weight is 524 g/mol. The fourth-order valence-corrected chi connectivity index (χ4v) is 4.84. The number of hydrogen-bond acceptors (Lipinski definition) is 9. The first-order chi connectivity index (χ1) is 17.5. The number of methoxy groups -OCH3 is 3. The van der Waals surface area contributed by atoms with Crippen molar-refractivity contribution in [3.05, 3.63) is 64.9 Å². The number of amides is 1. The lowest BCUT2D eigenvalue weighted by molar-refractivity contribution is -0.118. The van der Waals surface area contributed by atoms with Crippen molar-refractivity contribution in [1.82, 2.24) is 20.2 Å². The van der Waals surface area contributed by atoms with Gasteiger partial charge in [-0.1, -0.05) is 36.0 Å². The van der Waals surface area contributed by atoms with Gasteiger partial charge in [0, 0.05) is 16.1 Å². The van der Waals surface area contributed by atoms with Crippen LogP contribution in [0.2, 0.25) is 0 Å². The molecule has 0 saturated heterocycles. The SMILES string of the molecule is COc1cc(-c2nnc(SCC(=O)NN=C(C)c3cccs3)n2-c2ccccc2)cc(OC)c1OC. The minimum absolute atomic E-state index is 0.113. The summed E-state index contributed by atoms with van der Waals surface area (Å²) in [5.74, 6) is 1.92. The van der Waals surface area contributed by atoms with E-state index in [1.165, 1.54) is 11.8 Å². The van der Waals surface area contributed by atoms with Gasteiger partial charge in [-0.15, -0.1) is 21.5 Å². The molecule has 0 aliphatic carbocycles. The molecule has 36 heavy (non-hydrogen) atoms. The first-order valence-corrected chi connectivity index (χ1v) is 12.7. The van der Waals surface area contributed by atoms with Crippen molar-refractivity contribution in [3.8, 4) is 34.3 Å². The number of benzene rings is 2. The van der Waals surface area contributed by atoms with Crippen molar-refractivity contribution in [3.63, 3.8) is 0 Å². The lowest BCUT2D eigenvalue weighted by Crippen LogP contribution is -2.21. The summed E-state index contributed by atoms with van der Waals surface area (Å²) in [6, 6.07) is 17.2. The summed E-state index contributed by atoms with van der Waals surface area (Å²) < 4.78 is 18.4. The van der Waals surface area contributed by atoms with Crippen LogP contribution in [0.4, 0.5) is 0 Å². The number of thiophene rings is 1. The van der Waals surface area contributed by atoms with Gasteiger partial charge in [0.25, 0.3) is 5.91 Å². The minimum Gasteiger partial charge on any atom is -0.493 e. The van der Waals surface area contributed by atoms with E-state index in [-0.39, 0.29) is 11.7 Å². The molecule has 9 nitrogen and oxygen atoms in total. The standard InChI is InChI=1S/C25H25N5O4S2/c1-16(21-11-8-12-35-21)26-27-22(31)15-36-25-29-28-24(30(25)18-9-6-5-7-10-18)17-13-19(32-2)23(34-4)20(14-17)33-3/h5-14H,15H2,1-4H3,(H,27,31). The molecule has 2 aromatic heterocycles. The van der Waals surface area contributed by atoms with Gasteiger partial charge in [0.1, 0.15) is 0 Å². The molecule has 0 aliphatic heterocycles. The topological polar surface area (TPSA) is 99.9 Å². The summed E-state index contributed by atoms with van der Waals surface area (Å²) in [7, 11) is 4.68. The lowest BCUT2D eigenvalue weighted by Gasteiger charge is -2.15. The highest BCUT2D eigenvalue weighted by atomic mass is 32.2.